The molecule has 0 amide bonds. The van der Waals surface area contributed by atoms with Gasteiger partial charge in [0.2, 0.25) is 0 Å². The Morgan fingerprint density at radius 1 is 1.56 bits per heavy atom. The molecule has 0 saturated heterocycles. The third kappa shape index (κ3) is 4.00. The predicted octanol–water partition coefficient (Wildman–Crippen LogP) is 1.82. The molecule has 0 radical (unpaired) electrons. The molecule has 0 aromatic carbocycles. The molecule has 1 aromatic heterocycles. The smallest absolute Gasteiger partial charge is 0.330 e. The van der Waals surface area contributed by atoms with Gasteiger partial charge in [0.1, 0.15) is 6.23 Å². The summed E-state index contributed by atoms with van der Waals surface area (Å²) in [6, 6.07) is 1.31. The fourth-order valence-electron chi connectivity index (χ4n) is 1.74. The zero-order valence-corrected chi connectivity index (χ0v) is 11.1. The quantitative estimate of drug-likeness (QED) is 0.785. The molecule has 0 aliphatic heterocycles. The summed E-state index contributed by atoms with van der Waals surface area (Å²) in [5.74, 6) is 0. The first-order valence-electron chi connectivity index (χ1n) is 6.05. The molecule has 1 heterocycles. The van der Waals surface area contributed by atoms with Crippen molar-refractivity contribution in [1.82, 2.24) is 9.55 Å². The largest absolute Gasteiger partial charge is 0.355 e. The van der Waals surface area contributed by atoms with Crippen LogP contribution < -0.4 is 11.2 Å². The summed E-state index contributed by atoms with van der Waals surface area (Å²) in [5, 5.41) is 0. The number of nitrogens with one attached hydrogen (secondary N) is 1. The Morgan fingerprint density at radius 2 is 2.22 bits per heavy atom. The Bertz CT molecular complexity index is 515. The van der Waals surface area contributed by atoms with E-state index in [0.29, 0.717) is 0 Å². The number of hydrogen-bond donors (Lipinski definition) is 1. The van der Waals surface area contributed by atoms with E-state index in [4.69, 9.17) is 4.74 Å². The fourth-order valence-corrected chi connectivity index (χ4v) is 1.74. The minimum atomic E-state index is -0.458. The van der Waals surface area contributed by atoms with Crippen molar-refractivity contribution in [2.45, 2.75) is 45.9 Å². The fraction of sp³-hybridized carbons (Fsp3) is 0.538. The number of ether oxygens (including phenoxy) is 1. The van der Waals surface area contributed by atoms with E-state index in [-0.39, 0.29) is 6.10 Å². The minimum absolute atomic E-state index is 0.0244. The second-order valence-electron chi connectivity index (χ2n) is 4.44. The Balaban J connectivity index is 2.80. The van der Waals surface area contributed by atoms with E-state index in [1.807, 2.05) is 13.8 Å². The van der Waals surface area contributed by atoms with Crippen LogP contribution in [0.1, 0.15) is 39.8 Å². The molecule has 0 saturated carbocycles. The first-order valence-corrected chi connectivity index (χ1v) is 6.05. The van der Waals surface area contributed by atoms with Crippen LogP contribution in [0.3, 0.4) is 0 Å². The van der Waals surface area contributed by atoms with Gasteiger partial charge in [-0.3, -0.25) is 14.3 Å². The van der Waals surface area contributed by atoms with Crippen molar-refractivity contribution in [3.8, 4) is 0 Å². The van der Waals surface area contributed by atoms with E-state index in [2.05, 4.69) is 11.6 Å². The predicted molar refractivity (Wildman–Crippen MR) is 70.6 cm³/mol. The van der Waals surface area contributed by atoms with Crippen LogP contribution in [0, 0.1) is 0 Å². The normalized spacial score (nSPS) is 14.2. The Hall–Kier alpha value is -1.62. The van der Waals surface area contributed by atoms with Gasteiger partial charge in [-0.25, -0.2) is 4.79 Å². The highest BCUT2D eigenvalue weighted by Gasteiger charge is 2.14. The van der Waals surface area contributed by atoms with E-state index >= 15 is 0 Å². The van der Waals surface area contributed by atoms with Crippen molar-refractivity contribution in [2.75, 3.05) is 0 Å². The van der Waals surface area contributed by atoms with Crippen LogP contribution in [-0.4, -0.2) is 15.7 Å². The summed E-state index contributed by atoms with van der Waals surface area (Å²) in [5.41, 5.74) is 0.181. The van der Waals surface area contributed by atoms with Crippen LogP contribution in [0.15, 0.2) is 34.0 Å². The average molecular weight is 252 g/mol. The summed E-state index contributed by atoms with van der Waals surface area (Å²) in [4.78, 5) is 24.8. The lowest BCUT2D eigenvalue weighted by molar-refractivity contribution is -0.0461. The first-order chi connectivity index (χ1) is 8.43. The second kappa shape index (κ2) is 6.35. The maximum Gasteiger partial charge on any atom is 0.330 e. The van der Waals surface area contributed by atoms with Crippen molar-refractivity contribution < 1.29 is 4.74 Å². The molecule has 5 nitrogen and oxygen atoms in total. The van der Waals surface area contributed by atoms with Crippen LogP contribution in [0.4, 0.5) is 0 Å². The molecular formula is C13H20N2O3. The summed E-state index contributed by atoms with van der Waals surface area (Å²) in [7, 11) is 0. The van der Waals surface area contributed by atoms with Gasteiger partial charge in [0, 0.05) is 12.3 Å². The number of hydrogen-bond acceptors (Lipinski definition) is 3. The standard InChI is InChI=1S/C13H20N2O3/c1-5-11(8-9(2)3)18-10(4)15-7-6-12(16)14-13(15)17/h6-7,10-11H,2,5,8H2,1,3-4H3,(H,14,16,17). The maximum absolute atomic E-state index is 11.6. The van der Waals surface area contributed by atoms with Crippen molar-refractivity contribution in [2.24, 2.45) is 0 Å². The lowest BCUT2D eigenvalue weighted by atomic mass is 10.1. The maximum atomic E-state index is 11.6. The Kier molecular flexibility index (Phi) is 5.09. The molecule has 2 unspecified atom stereocenters. The van der Waals surface area contributed by atoms with E-state index in [0.717, 1.165) is 18.4 Å². The van der Waals surface area contributed by atoms with Crippen molar-refractivity contribution in [1.29, 1.82) is 0 Å². The SMILES string of the molecule is C=C(C)CC(CC)OC(C)n1ccc(=O)[nH]c1=O. The molecule has 1 rings (SSSR count). The summed E-state index contributed by atoms with van der Waals surface area (Å²) >= 11 is 0. The van der Waals surface area contributed by atoms with Gasteiger partial charge in [-0.15, -0.1) is 6.58 Å². The molecule has 100 valence electrons. The molecule has 0 aliphatic rings. The lowest BCUT2D eigenvalue weighted by Crippen LogP contribution is -2.33. The molecule has 1 aromatic rings. The zero-order chi connectivity index (χ0) is 13.7. The third-order valence-electron chi connectivity index (χ3n) is 2.66. The van der Waals surface area contributed by atoms with Gasteiger partial charge in [0.15, 0.2) is 0 Å². The van der Waals surface area contributed by atoms with Crippen LogP contribution in [0.25, 0.3) is 0 Å². The molecular weight excluding hydrogens is 232 g/mol. The van der Waals surface area contributed by atoms with Crippen molar-refractivity contribution in [3.63, 3.8) is 0 Å². The minimum Gasteiger partial charge on any atom is -0.355 e. The van der Waals surface area contributed by atoms with Crippen LogP contribution in [-0.2, 0) is 4.74 Å². The highest BCUT2D eigenvalue weighted by atomic mass is 16.5. The molecule has 0 aliphatic carbocycles. The summed E-state index contributed by atoms with van der Waals surface area (Å²) < 4.78 is 7.16. The van der Waals surface area contributed by atoms with E-state index in [9.17, 15) is 9.59 Å². The summed E-state index contributed by atoms with van der Waals surface area (Å²) in [6.45, 7) is 9.61. The lowest BCUT2D eigenvalue weighted by Gasteiger charge is -2.22. The Labute approximate surface area is 106 Å². The summed E-state index contributed by atoms with van der Waals surface area (Å²) in [6.07, 6.45) is 2.66. The molecule has 0 fully saturated rings. The zero-order valence-electron chi connectivity index (χ0n) is 11.1. The molecule has 0 spiro atoms. The van der Waals surface area contributed by atoms with Gasteiger partial charge in [-0.1, -0.05) is 12.5 Å². The molecule has 18 heavy (non-hydrogen) atoms. The number of aromatic nitrogens is 2. The van der Waals surface area contributed by atoms with E-state index in [1.165, 1.54) is 16.8 Å². The third-order valence-corrected chi connectivity index (χ3v) is 2.66. The van der Waals surface area contributed by atoms with Gasteiger partial charge >= 0.3 is 5.69 Å². The van der Waals surface area contributed by atoms with Gasteiger partial charge < -0.3 is 4.74 Å². The van der Waals surface area contributed by atoms with Gasteiger partial charge in [0.25, 0.3) is 5.56 Å². The highest BCUT2D eigenvalue weighted by molar-refractivity contribution is 4.91. The van der Waals surface area contributed by atoms with Crippen LogP contribution >= 0.6 is 0 Å². The van der Waals surface area contributed by atoms with Crippen molar-refractivity contribution in [3.05, 3.63) is 45.3 Å². The number of aromatic amines is 1. The number of nitrogens with zero attached hydrogens (tertiary/aromatic N) is 1. The number of H-pyrrole nitrogens is 1. The number of rotatable bonds is 6. The van der Waals surface area contributed by atoms with Crippen molar-refractivity contribution >= 4 is 0 Å². The van der Waals surface area contributed by atoms with E-state index in [1.54, 1.807) is 6.92 Å². The van der Waals surface area contributed by atoms with Crippen LogP contribution in [0.2, 0.25) is 0 Å². The molecule has 0 bridgehead atoms. The average Bonchev–Trinajstić information content (AvgIpc) is 2.27. The monoisotopic (exact) mass is 252 g/mol. The molecule has 5 heteroatoms. The van der Waals surface area contributed by atoms with Gasteiger partial charge in [-0.05, 0) is 26.7 Å². The van der Waals surface area contributed by atoms with Crippen LogP contribution in [0.5, 0.6) is 0 Å². The second-order valence-corrected chi connectivity index (χ2v) is 4.44. The van der Waals surface area contributed by atoms with E-state index < -0.39 is 17.5 Å². The molecule has 1 N–H and O–H groups in total. The highest BCUT2D eigenvalue weighted by Crippen LogP contribution is 2.16. The topological polar surface area (TPSA) is 64.1 Å². The first kappa shape index (κ1) is 14.4. The Morgan fingerprint density at radius 3 is 2.72 bits per heavy atom. The molecule has 2 atom stereocenters. The van der Waals surface area contributed by atoms with Gasteiger partial charge in [-0.2, -0.15) is 0 Å². The van der Waals surface area contributed by atoms with Gasteiger partial charge in [0.05, 0.1) is 6.10 Å².